The van der Waals surface area contributed by atoms with E-state index in [1.165, 1.54) is 12.1 Å². The Morgan fingerprint density at radius 2 is 2.07 bits per heavy atom. The monoisotopic (exact) mass is 390 g/mol. The molecule has 1 fully saturated rings. The molecule has 1 aromatic carbocycles. The Morgan fingerprint density at radius 3 is 2.75 bits per heavy atom. The zero-order valence-electron chi connectivity index (χ0n) is 16.1. The van der Waals surface area contributed by atoms with Gasteiger partial charge in [-0.2, -0.15) is 4.98 Å². The second-order valence-corrected chi connectivity index (χ2v) is 7.70. The first kappa shape index (κ1) is 19.8. The van der Waals surface area contributed by atoms with Crippen molar-refractivity contribution >= 4 is 12.0 Å². The fraction of sp³-hybridized carbons (Fsp3) is 0.474. The van der Waals surface area contributed by atoms with Crippen molar-refractivity contribution < 1.29 is 23.2 Å². The van der Waals surface area contributed by atoms with Gasteiger partial charge in [0.1, 0.15) is 18.0 Å². The zero-order valence-corrected chi connectivity index (χ0v) is 16.1. The summed E-state index contributed by atoms with van der Waals surface area (Å²) in [5.74, 6) is 0.148. The molecule has 1 N–H and O–H groups in total. The van der Waals surface area contributed by atoms with Crippen LogP contribution >= 0.6 is 0 Å². The van der Waals surface area contributed by atoms with Gasteiger partial charge in [-0.25, -0.2) is 9.18 Å². The largest absolute Gasteiger partial charge is 0.444 e. The number of alkyl carbamates (subject to hydrolysis) is 1. The lowest BCUT2D eigenvalue weighted by Gasteiger charge is -2.19. The molecule has 0 unspecified atom stereocenters. The van der Waals surface area contributed by atoms with Gasteiger partial charge in [0.05, 0.1) is 0 Å². The summed E-state index contributed by atoms with van der Waals surface area (Å²) in [7, 11) is 0. The van der Waals surface area contributed by atoms with Crippen molar-refractivity contribution in [3.63, 3.8) is 0 Å². The number of likely N-dealkylation sites (tertiary alicyclic amines) is 1. The number of amides is 2. The first-order valence-electron chi connectivity index (χ1n) is 9.01. The number of carbonyl (C=O) groups is 2. The Labute approximate surface area is 162 Å². The highest BCUT2D eigenvalue weighted by Crippen LogP contribution is 2.27. The second kappa shape index (κ2) is 7.95. The third kappa shape index (κ3) is 5.28. The van der Waals surface area contributed by atoms with E-state index < -0.39 is 11.7 Å². The summed E-state index contributed by atoms with van der Waals surface area (Å²) < 4.78 is 23.3. The number of hydrogen-bond donors (Lipinski definition) is 1. The van der Waals surface area contributed by atoms with E-state index in [0.29, 0.717) is 18.9 Å². The zero-order chi connectivity index (χ0) is 20.3. The molecule has 1 atom stereocenters. The van der Waals surface area contributed by atoms with Crippen LogP contribution in [0.25, 0.3) is 0 Å². The van der Waals surface area contributed by atoms with Gasteiger partial charge in [0, 0.05) is 25.4 Å². The molecule has 1 aliphatic heterocycles. The molecule has 0 aliphatic carbocycles. The predicted molar refractivity (Wildman–Crippen MR) is 96.5 cm³/mol. The van der Waals surface area contributed by atoms with Crippen LogP contribution in [0.4, 0.5) is 9.18 Å². The molecular weight excluding hydrogens is 367 g/mol. The molecule has 2 aromatic rings. The molecule has 8 nitrogen and oxygen atoms in total. The van der Waals surface area contributed by atoms with E-state index in [1.807, 2.05) is 0 Å². The molecule has 0 saturated carbocycles. The van der Waals surface area contributed by atoms with Crippen molar-refractivity contribution in [2.75, 3.05) is 6.54 Å². The molecule has 1 aliphatic rings. The molecule has 1 aromatic heterocycles. The quantitative estimate of drug-likeness (QED) is 0.843. The number of rotatable bonds is 5. The topological polar surface area (TPSA) is 97.6 Å². The summed E-state index contributed by atoms with van der Waals surface area (Å²) in [6, 6.07) is 6.06. The molecule has 2 heterocycles. The number of halogens is 1. The van der Waals surface area contributed by atoms with Crippen LogP contribution in [0.5, 0.6) is 0 Å². The Kier molecular flexibility index (Phi) is 5.62. The molecule has 28 heavy (non-hydrogen) atoms. The van der Waals surface area contributed by atoms with E-state index in [0.717, 1.165) is 5.56 Å². The average molecular weight is 390 g/mol. The second-order valence-electron chi connectivity index (χ2n) is 7.70. The first-order chi connectivity index (χ1) is 13.2. The Bertz CT molecular complexity index is 844. The van der Waals surface area contributed by atoms with Gasteiger partial charge in [-0.3, -0.25) is 4.79 Å². The van der Waals surface area contributed by atoms with Crippen LogP contribution in [0.2, 0.25) is 0 Å². The van der Waals surface area contributed by atoms with E-state index in [4.69, 9.17) is 9.26 Å². The molecule has 2 amide bonds. The van der Waals surface area contributed by atoms with Gasteiger partial charge in [-0.15, -0.1) is 0 Å². The van der Waals surface area contributed by atoms with E-state index in [2.05, 4.69) is 15.5 Å². The van der Waals surface area contributed by atoms with E-state index in [1.54, 1.807) is 37.8 Å². The summed E-state index contributed by atoms with van der Waals surface area (Å²) in [5, 5.41) is 6.48. The van der Waals surface area contributed by atoms with Crippen molar-refractivity contribution in [3.05, 3.63) is 47.4 Å². The van der Waals surface area contributed by atoms with Crippen molar-refractivity contribution in [2.24, 2.45) is 0 Å². The third-order valence-electron chi connectivity index (χ3n) is 4.13. The first-order valence-corrected chi connectivity index (χ1v) is 9.01. The Balaban J connectivity index is 1.54. The lowest BCUT2D eigenvalue weighted by Crippen LogP contribution is -2.32. The molecule has 9 heteroatoms. The summed E-state index contributed by atoms with van der Waals surface area (Å²) in [6.45, 7) is 6.21. The fourth-order valence-electron chi connectivity index (χ4n) is 2.88. The standard InChI is InChI=1S/C19H23FN4O4/c1-19(2,3)27-18(26)21-9-15-22-17(23-28-15)13-8-16(25)24(11-13)10-12-4-6-14(20)7-5-12/h4-7,13H,8-11H2,1-3H3,(H,21,26)/t13-/m1/s1. The van der Waals surface area contributed by atoms with Gasteiger partial charge in [0.25, 0.3) is 0 Å². The number of nitrogens with zero attached hydrogens (tertiary/aromatic N) is 3. The van der Waals surface area contributed by atoms with Crippen LogP contribution in [0.15, 0.2) is 28.8 Å². The number of aromatic nitrogens is 2. The maximum absolute atomic E-state index is 13.0. The lowest BCUT2D eigenvalue weighted by atomic mass is 10.1. The van der Waals surface area contributed by atoms with Gasteiger partial charge in [-0.05, 0) is 38.5 Å². The van der Waals surface area contributed by atoms with Gasteiger partial charge < -0.3 is 19.5 Å². The minimum atomic E-state index is -0.595. The summed E-state index contributed by atoms with van der Waals surface area (Å²) >= 11 is 0. The lowest BCUT2D eigenvalue weighted by molar-refractivity contribution is -0.128. The van der Waals surface area contributed by atoms with Crippen LogP contribution < -0.4 is 5.32 Å². The third-order valence-corrected chi connectivity index (χ3v) is 4.13. The van der Waals surface area contributed by atoms with E-state index in [-0.39, 0.29) is 36.5 Å². The molecule has 0 spiro atoms. The van der Waals surface area contributed by atoms with E-state index >= 15 is 0 Å². The van der Waals surface area contributed by atoms with Gasteiger partial charge in [0.15, 0.2) is 5.82 Å². The molecule has 3 rings (SSSR count). The van der Waals surface area contributed by atoms with E-state index in [9.17, 15) is 14.0 Å². The van der Waals surface area contributed by atoms with Crippen LogP contribution in [0.1, 0.15) is 50.4 Å². The SMILES string of the molecule is CC(C)(C)OC(=O)NCc1nc([C@@H]2CC(=O)N(Cc3ccc(F)cc3)C2)no1. The average Bonchev–Trinajstić information content (AvgIpc) is 3.21. The molecule has 0 bridgehead atoms. The maximum atomic E-state index is 13.0. The number of benzene rings is 1. The van der Waals surface area contributed by atoms with Crippen LogP contribution in [0.3, 0.4) is 0 Å². The highest BCUT2D eigenvalue weighted by Gasteiger charge is 2.33. The van der Waals surface area contributed by atoms with Crippen molar-refractivity contribution in [2.45, 2.75) is 51.8 Å². The van der Waals surface area contributed by atoms with Crippen LogP contribution in [-0.4, -0.2) is 39.2 Å². The highest BCUT2D eigenvalue weighted by molar-refractivity contribution is 5.79. The van der Waals surface area contributed by atoms with Crippen molar-refractivity contribution in [1.29, 1.82) is 0 Å². The molecular formula is C19H23FN4O4. The molecule has 0 radical (unpaired) electrons. The number of ether oxygens (including phenoxy) is 1. The van der Waals surface area contributed by atoms with Gasteiger partial charge in [0.2, 0.25) is 11.8 Å². The smallest absolute Gasteiger partial charge is 0.408 e. The Hall–Kier alpha value is -2.97. The summed E-state index contributed by atoms with van der Waals surface area (Å²) in [5.41, 5.74) is 0.258. The Morgan fingerprint density at radius 1 is 1.36 bits per heavy atom. The van der Waals surface area contributed by atoms with Crippen molar-refractivity contribution in [1.82, 2.24) is 20.4 Å². The minimum absolute atomic E-state index is 0.0208. The summed E-state index contributed by atoms with van der Waals surface area (Å²) in [4.78, 5) is 29.9. The number of hydrogen-bond acceptors (Lipinski definition) is 6. The molecule has 150 valence electrons. The van der Waals surface area contributed by atoms with Crippen molar-refractivity contribution in [3.8, 4) is 0 Å². The minimum Gasteiger partial charge on any atom is -0.444 e. The van der Waals surface area contributed by atoms with Gasteiger partial charge >= 0.3 is 6.09 Å². The van der Waals surface area contributed by atoms with Crippen LogP contribution in [0, 0.1) is 5.82 Å². The number of carbonyl (C=O) groups excluding carboxylic acids is 2. The normalized spacial score (nSPS) is 17.1. The number of nitrogens with one attached hydrogen (secondary N) is 1. The van der Waals surface area contributed by atoms with Gasteiger partial charge in [-0.1, -0.05) is 17.3 Å². The fourth-order valence-corrected chi connectivity index (χ4v) is 2.88. The highest BCUT2D eigenvalue weighted by atomic mass is 19.1. The predicted octanol–water partition coefficient (Wildman–Crippen LogP) is 2.75. The van der Waals surface area contributed by atoms with Crippen LogP contribution in [-0.2, 0) is 22.6 Å². The maximum Gasteiger partial charge on any atom is 0.408 e. The summed E-state index contributed by atoms with van der Waals surface area (Å²) in [6.07, 6.45) is -0.298. The molecule has 1 saturated heterocycles.